The van der Waals surface area contributed by atoms with Gasteiger partial charge in [0.2, 0.25) is 0 Å². The van der Waals surface area contributed by atoms with Crippen LogP contribution in [0.2, 0.25) is 0 Å². The van der Waals surface area contributed by atoms with Crippen molar-refractivity contribution < 1.29 is 0 Å². The SMILES string of the molecule is CCC(CC)CN1CCC(Cl)CC1. The molecule has 0 amide bonds. The third-order valence-electron chi connectivity index (χ3n) is 3.19. The zero-order chi connectivity index (χ0) is 9.68. The highest BCUT2D eigenvalue weighted by Crippen LogP contribution is 2.18. The van der Waals surface area contributed by atoms with Crippen molar-refractivity contribution in [2.24, 2.45) is 5.92 Å². The summed E-state index contributed by atoms with van der Waals surface area (Å²) < 4.78 is 0. The maximum Gasteiger partial charge on any atom is 0.0360 e. The number of halogens is 1. The summed E-state index contributed by atoms with van der Waals surface area (Å²) in [6, 6.07) is 0. The van der Waals surface area contributed by atoms with Gasteiger partial charge in [-0.2, -0.15) is 0 Å². The van der Waals surface area contributed by atoms with E-state index < -0.39 is 0 Å². The van der Waals surface area contributed by atoms with Crippen LogP contribution in [-0.2, 0) is 0 Å². The van der Waals surface area contributed by atoms with Gasteiger partial charge in [0.25, 0.3) is 0 Å². The van der Waals surface area contributed by atoms with Gasteiger partial charge in [-0.3, -0.25) is 0 Å². The predicted molar refractivity (Wildman–Crippen MR) is 59.4 cm³/mol. The van der Waals surface area contributed by atoms with E-state index in [1.807, 2.05) is 0 Å². The van der Waals surface area contributed by atoms with Gasteiger partial charge in [0, 0.05) is 11.9 Å². The van der Waals surface area contributed by atoms with Crippen LogP contribution in [0.4, 0.5) is 0 Å². The third-order valence-corrected chi connectivity index (χ3v) is 3.62. The van der Waals surface area contributed by atoms with Gasteiger partial charge in [-0.25, -0.2) is 0 Å². The first kappa shape index (κ1) is 11.3. The second-order valence-corrected chi connectivity index (χ2v) is 4.77. The molecule has 0 radical (unpaired) electrons. The van der Waals surface area contributed by atoms with Crippen LogP contribution < -0.4 is 0 Å². The summed E-state index contributed by atoms with van der Waals surface area (Å²) in [5.41, 5.74) is 0. The predicted octanol–water partition coefficient (Wildman–Crippen LogP) is 3.13. The van der Waals surface area contributed by atoms with Gasteiger partial charge in [0.05, 0.1) is 0 Å². The minimum atomic E-state index is 0.443. The Morgan fingerprint density at radius 1 is 1.23 bits per heavy atom. The number of alkyl halides is 1. The topological polar surface area (TPSA) is 3.24 Å². The first-order chi connectivity index (χ1) is 6.26. The Morgan fingerprint density at radius 3 is 2.23 bits per heavy atom. The minimum Gasteiger partial charge on any atom is -0.303 e. The molecule has 1 heterocycles. The Balaban J connectivity index is 2.21. The van der Waals surface area contributed by atoms with Gasteiger partial charge in [-0.15, -0.1) is 11.6 Å². The van der Waals surface area contributed by atoms with Gasteiger partial charge >= 0.3 is 0 Å². The quantitative estimate of drug-likeness (QED) is 0.635. The van der Waals surface area contributed by atoms with E-state index in [1.54, 1.807) is 0 Å². The van der Waals surface area contributed by atoms with Gasteiger partial charge in [-0.05, 0) is 31.8 Å². The van der Waals surface area contributed by atoms with Crippen molar-refractivity contribution in [1.82, 2.24) is 4.90 Å². The van der Waals surface area contributed by atoms with Crippen molar-refractivity contribution in [3.8, 4) is 0 Å². The number of hydrogen-bond donors (Lipinski definition) is 0. The summed E-state index contributed by atoms with van der Waals surface area (Å²) in [7, 11) is 0. The fourth-order valence-corrected chi connectivity index (χ4v) is 2.19. The molecule has 0 spiro atoms. The summed E-state index contributed by atoms with van der Waals surface area (Å²) in [4.78, 5) is 2.58. The van der Waals surface area contributed by atoms with Crippen LogP contribution in [0.3, 0.4) is 0 Å². The van der Waals surface area contributed by atoms with Crippen LogP contribution in [0.25, 0.3) is 0 Å². The average Bonchev–Trinajstić information content (AvgIpc) is 2.17. The molecule has 78 valence electrons. The fraction of sp³-hybridized carbons (Fsp3) is 1.00. The smallest absolute Gasteiger partial charge is 0.0360 e. The van der Waals surface area contributed by atoms with Gasteiger partial charge in [0.15, 0.2) is 0 Å². The Kier molecular flexibility index (Phi) is 5.12. The third kappa shape index (κ3) is 3.86. The van der Waals surface area contributed by atoms with Gasteiger partial charge in [0.1, 0.15) is 0 Å². The molecule has 0 saturated carbocycles. The molecule has 1 saturated heterocycles. The molecule has 0 aliphatic carbocycles. The van der Waals surface area contributed by atoms with Crippen molar-refractivity contribution >= 4 is 11.6 Å². The van der Waals surface area contributed by atoms with Crippen LogP contribution in [0.5, 0.6) is 0 Å². The number of piperidine rings is 1. The molecular weight excluding hydrogens is 182 g/mol. The lowest BCUT2D eigenvalue weighted by atomic mass is 10.0. The lowest BCUT2D eigenvalue weighted by Crippen LogP contribution is -2.37. The molecule has 0 atom stereocenters. The molecule has 0 aromatic carbocycles. The van der Waals surface area contributed by atoms with E-state index in [9.17, 15) is 0 Å². The molecule has 1 aliphatic rings. The van der Waals surface area contributed by atoms with Crippen molar-refractivity contribution in [2.45, 2.75) is 44.9 Å². The summed E-state index contributed by atoms with van der Waals surface area (Å²) in [5, 5.41) is 0.443. The molecule has 13 heavy (non-hydrogen) atoms. The normalized spacial score (nSPS) is 21.2. The summed E-state index contributed by atoms with van der Waals surface area (Å²) >= 11 is 6.06. The Bertz CT molecular complexity index is 126. The second-order valence-electron chi connectivity index (χ2n) is 4.16. The van der Waals surface area contributed by atoms with Crippen molar-refractivity contribution in [2.75, 3.05) is 19.6 Å². The largest absolute Gasteiger partial charge is 0.303 e. The zero-order valence-corrected chi connectivity index (χ0v) is 9.69. The number of likely N-dealkylation sites (tertiary alicyclic amines) is 1. The molecule has 1 aliphatic heterocycles. The van der Waals surface area contributed by atoms with Crippen molar-refractivity contribution in [3.05, 3.63) is 0 Å². The van der Waals surface area contributed by atoms with Crippen molar-refractivity contribution in [3.63, 3.8) is 0 Å². The molecule has 0 aromatic rings. The number of hydrogen-bond acceptors (Lipinski definition) is 1. The molecule has 1 nitrogen and oxygen atoms in total. The van der Waals surface area contributed by atoms with Crippen LogP contribution in [0.1, 0.15) is 39.5 Å². The molecule has 0 N–H and O–H groups in total. The van der Waals surface area contributed by atoms with Crippen LogP contribution >= 0.6 is 11.6 Å². The van der Waals surface area contributed by atoms with Crippen LogP contribution in [-0.4, -0.2) is 29.9 Å². The summed E-state index contributed by atoms with van der Waals surface area (Å²) in [6.45, 7) is 8.30. The number of rotatable bonds is 4. The molecule has 0 aromatic heterocycles. The maximum atomic E-state index is 6.06. The van der Waals surface area contributed by atoms with E-state index in [0.29, 0.717) is 5.38 Å². The highest BCUT2D eigenvalue weighted by Gasteiger charge is 2.18. The number of nitrogens with zero attached hydrogens (tertiary/aromatic N) is 1. The van der Waals surface area contributed by atoms with E-state index in [4.69, 9.17) is 11.6 Å². The summed E-state index contributed by atoms with van der Waals surface area (Å²) in [5.74, 6) is 0.895. The monoisotopic (exact) mass is 203 g/mol. The van der Waals surface area contributed by atoms with Gasteiger partial charge < -0.3 is 4.90 Å². The lowest BCUT2D eigenvalue weighted by molar-refractivity contribution is 0.192. The molecule has 2 heteroatoms. The average molecular weight is 204 g/mol. The van der Waals surface area contributed by atoms with E-state index >= 15 is 0 Å². The highest BCUT2D eigenvalue weighted by molar-refractivity contribution is 6.20. The Morgan fingerprint density at radius 2 is 1.77 bits per heavy atom. The van der Waals surface area contributed by atoms with E-state index in [2.05, 4.69) is 18.7 Å². The standard InChI is InChI=1S/C11H22ClN/c1-3-10(4-2)9-13-7-5-11(12)6-8-13/h10-11H,3-9H2,1-2H3. The van der Waals surface area contributed by atoms with E-state index in [1.165, 1.54) is 45.3 Å². The van der Waals surface area contributed by atoms with Crippen LogP contribution in [0, 0.1) is 5.92 Å². The maximum absolute atomic E-state index is 6.06. The lowest BCUT2D eigenvalue weighted by Gasteiger charge is -2.31. The second kappa shape index (κ2) is 5.87. The molecule has 1 fully saturated rings. The molecule has 1 rings (SSSR count). The van der Waals surface area contributed by atoms with Gasteiger partial charge in [-0.1, -0.05) is 26.7 Å². The fourth-order valence-electron chi connectivity index (χ4n) is 2.00. The zero-order valence-electron chi connectivity index (χ0n) is 8.93. The first-order valence-corrected chi connectivity index (χ1v) is 6.06. The molecule has 0 bridgehead atoms. The Hall–Kier alpha value is 0.250. The Labute approximate surface area is 87.4 Å². The molecular formula is C11H22ClN. The minimum absolute atomic E-state index is 0.443. The van der Waals surface area contributed by atoms with E-state index in [0.717, 1.165) is 5.92 Å². The van der Waals surface area contributed by atoms with Crippen molar-refractivity contribution in [1.29, 1.82) is 0 Å². The van der Waals surface area contributed by atoms with Crippen LogP contribution in [0.15, 0.2) is 0 Å². The molecule has 0 unspecified atom stereocenters. The first-order valence-electron chi connectivity index (χ1n) is 5.62. The summed E-state index contributed by atoms with van der Waals surface area (Å²) in [6.07, 6.45) is 5.00. The van der Waals surface area contributed by atoms with E-state index in [-0.39, 0.29) is 0 Å². The highest BCUT2D eigenvalue weighted by atomic mass is 35.5.